The number of nitrogens with one attached hydrogen (secondary N) is 2. The van der Waals surface area contributed by atoms with Gasteiger partial charge in [0.05, 0.1) is 7.11 Å². The zero-order valence-corrected chi connectivity index (χ0v) is 24.9. The Kier molecular flexibility index (Phi) is 11.6. The first-order chi connectivity index (χ1) is 18.8. The van der Waals surface area contributed by atoms with Gasteiger partial charge < -0.3 is 25.0 Å². The summed E-state index contributed by atoms with van der Waals surface area (Å²) in [6, 6.07) is 11.6. The van der Waals surface area contributed by atoms with Crippen LogP contribution in [0.5, 0.6) is 5.75 Å². The second-order valence-electron chi connectivity index (χ2n) is 11.3. The first-order valence-corrected chi connectivity index (χ1v) is 13.6. The van der Waals surface area contributed by atoms with Crippen molar-refractivity contribution in [3.8, 4) is 18.1 Å². The Morgan fingerprint density at radius 3 is 2.15 bits per heavy atom. The lowest BCUT2D eigenvalue weighted by Crippen LogP contribution is -2.54. The molecule has 0 fully saturated rings. The highest BCUT2D eigenvalue weighted by Gasteiger charge is 2.38. The van der Waals surface area contributed by atoms with Gasteiger partial charge in [-0.3, -0.25) is 9.59 Å². The Labute approximate surface area is 238 Å². The summed E-state index contributed by atoms with van der Waals surface area (Å²) in [4.78, 5) is 42.2. The average molecular weight is 550 g/mol. The van der Waals surface area contributed by atoms with Crippen molar-refractivity contribution in [2.24, 2.45) is 5.92 Å². The number of alkyl carbamates (subject to hydrolysis) is 1. The lowest BCUT2D eigenvalue weighted by Gasteiger charge is -2.38. The van der Waals surface area contributed by atoms with Crippen LogP contribution in [-0.4, -0.2) is 47.6 Å². The number of rotatable bonds is 11. The third-order valence-electron chi connectivity index (χ3n) is 6.29. The standard InChI is InChI=1S/C32H43N3O5/c1-10-24-13-11-12-14-27(24)28(29(36)34-25-17-19-26(39-9)20-18-25)35(22(4)16-15-21(2)3)30(37)23(5)33-31(38)40-32(6,7)8/h1,11-14,17-23,28H,15-16H2,2-9H3,(H,33,38)(H,34,36). The predicted molar refractivity (Wildman–Crippen MR) is 158 cm³/mol. The molecule has 216 valence electrons. The first-order valence-electron chi connectivity index (χ1n) is 13.6. The molecule has 0 saturated heterocycles. The van der Waals surface area contributed by atoms with E-state index in [1.807, 2.05) is 6.92 Å². The molecule has 2 N–H and O–H groups in total. The number of amides is 3. The van der Waals surface area contributed by atoms with E-state index >= 15 is 0 Å². The number of methoxy groups -OCH3 is 1. The summed E-state index contributed by atoms with van der Waals surface area (Å²) in [6.45, 7) is 12.9. The van der Waals surface area contributed by atoms with E-state index in [1.165, 1.54) is 0 Å². The molecule has 0 aliphatic rings. The smallest absolute Gasteiger partial charge is 0.408 e. The summed E-state index contributed by atoms with van der Waals surface area (Å²) < 4.78 is 10.6. The number of terminal acetylenes is 1. The number of carbonyl (C=O) groups excluding carboxylic acids is 3. The topological polar surface area (TPSA) is 97.0 Å². The molecule has 0 aliphatic carbocycles. The molecule has 2 rings (SSSR count). The van der Waals surface area contributed by atoms with E-state index in [0.29, 0.717) is 34.9 Å². The van der Waals surface area contributed by atoms with Crippen LogP contribution in [-0.2, 0) is 14.3 Å². The van der Waals surface area contributed by atoms with Crippen molar-refractivity contribution < 1.29 is 23.9 Å². The van der Waals surface area contributed by atoms with Gasteiger partial charge >= 0.3 is 6.09 Å². The Bertz CT molecular complexity index is 1190. The third-order valence-corrected chi connectivity index (χ3v) is 6.29. The fourth-order valence-electron chi connectivity index (χ4n) is 4.25. The van der Waals surface area contributed by atoms with Gasteiger partial charge in [0.2, 0.25) is 5.91 Å². The highest BCUT2D eigenvalue weighted by atomic mass is 16.6. The molecule has 3 unspecified atom stereocenters. The minimum absolute atomic E-state index is 0.352. The number of anilines is 1. The molecule has 3 amide bonds. The summed E-state index contributed by atoms with van der Waals surface area (Å²) in [5.74, 6) is 2.84. The minimum atomic E-state index is -1.06. The molecule has 2 aromatic rings. The van der Waals surface area contributed by atoms with E-state index < -0.39 is 35.6 Å². The highest BCUT2D eigenvalue weighted by molar-refractivity contribution is 5.99. The van der Waals surface area contributed by atoms with Gasteiger partial charge in [0.1, 0.15) is 23.4 Å². The van der Waals surface area contributed by atoms with Crippen molar-refractivity contribution >= 4 is 23.6 Å². The monoisotopic (exact) mass is 549 g/mol. The van der Waals surface area contributed by atoms with E-state index in [9.17, 15) is 14.4 Å². The largest absolute Gasteiger partial charge is 0.497 e. The average Bonchev–Trinajstić information content (AvgIpc) is 2.89. The Balaban J connectivity index is 2.57. The van der Waals surface area contributed by atoms with Gasteiger partial charge in [-0.15, -0.1) is 6.42 Å². The highest BCUT2D eigenvalue weighted by Crippen LogP contribution is 2.31. The van der Waals surface area contributed by atoms with Crippen LogP contribution in [0.3, 0.4) is 0 Å². The molecule has 8 nitrogen and oxygen atoms in total. The molecule has 0 saturated carbocycles. The third kappa shape index (κ3) is 9.33. The minimum Gasteiger partial charge on any atom is -0.497 e. The first kappa shape index (κ1) is 32.2. The van der Waals surface area contributed by atoms with Gasteiger partial charge in [0, 0.05) is 17.3 Å². The molecule has 40 heavy (non-hydrogen) atoms. The number of benzene rings is 2. The van der Waals surface area contributed by atoms with Crippen molar-refractivity contribution in [3.63, 3.8) is 0 Å². The van der Waals surface area contributed by atoms with E-state index in [2.05, 4.69) is 30.4 Å². The Hall–Kier alpha value is -3.99. The molecule has 8 heteroatoms. The fourth-order valence-corrected chi connectivity index (χ4v) is 4.25. The van der Waals surface area contributed by atoms with Crippen LogP contribution in [0.1, 0.15) is 78.5 Å². The van der Waals surface area contributed by atoms with E-state index in [1.54, 1.807) is 88.2 Å². The maximum atomic E-state index is 14.1. The zero-order valence-electron chi connectivity index (χ0n) is 24.9. The summed E-state index contributed by atoms with van der Waals surface area (Å²) in [5.41, 5.74) is 0.823. The molecular weight excluding hydrogens is 506 g/mol. The van der Waals surface area contributed by atoms with Gasteiger partial charge in [-0.05, 0) is 89.3 Å². The Morgan fingerprint density at radius 1 is 0.975 bits per heavy atom. The van der Waals surface area contributed by atoms with Crippen LogP contribution < -0.4 is 15.4 Å². The van der Waals surface area contributed by atoms with Gasteiger partial charge in [-0.2, -0.15) is 0 Å². The molecular formula is C32H43N3O5. The van der Waals surface area contributed by atoms with Gasteiger partial charge in [0.25, 0.3) is 5.91 Å². The van der Waals surface area contributed by atoms with Crippen LogP contribution in [0.4, 0.5) is 10.5 Å². The van der Waals surface area contributed by atoms with Crippen LogP contribution in [0.15, 0.2) is 48.5 Å². The maximum absolute atomic E-state index is 14.1. The zero-order chi connectivity index (χ0) is 30.0. The normalized spacial score (nSPS) is 13.4. The lowest BCUT2D eigenvalue weighted by atomic mass is 9.94. The molecule has 0 heterocycles. The fraction of sp³-hybridized carbons (Fsp3) is 0.469. The molecule has 0 aliphatic heterocycles. The summed E-state index contributed by atoms with van der Waals surface area (Å²) in [7, 11) is 1.56. The number of carbonyl (C=O) groups is 3. The maximum Gasteiger partial charge on any atom is 0.408 e. The van der Waals surface area contributed by atoms with Crippen molar-refractivity contribution in [1.82, 2.24) is 10.2 Å². The van der Waals surface area contributed by atoms with Crippen LogP contribution in [0.2, 0.25) is 0 Å². The number of ether oxygens (including phenoxy) is 2. The molecule has 2 aromatic carbocycles. The number of hydrogen-bond acceptors (Lipinski definition) is 5. The van der Waals surface area contributed by atoms with Crippen molar-refractivity contribution in [2.75, 3.05) is 12.4 Å². The van der Waals surface area contributed by atoms with Crippen LogP contribution in [0.25, 0.3) is 0 Å². The second kappa shape index (κ2) is 14.4. The summed E-state index contributed by atoms with van der Waals surface area (Å²) >= 11 is 0. The van der Waals surface area contributed by atoms with Gasteiger partial charge in [-0.25, -0.2) is 4.79 Å². The van der Waals surface area contributed by atoms with E-state index in [-0.39, 0.29) is 6.04 Å². The molecule has 0 aromatic heterocycles. The summed E-state index contributed by atoms with van der Waals surface area (Å²) in [5, 5.41) is 5.57. The molecule has 0 radical (unpaired) electrons. The van der Waals surface area contributed by atoms with Crippen molar-refractivity contribution in [2.45, 2.75) is 85.0 Å². The second-order valence-corrected chi connectivity index (χ2v) is 11.3. The van der Waals surface area contributed by atoms with Gasteiger partial charge in [-0.1, -0.05) is 38.0 Å². The molecule has 0 bridgehead atoms. The van der Waals surface area contributed by atoms with Crippen molar-refractivity contribution in [1.29, 1.82) is 0 Å². The molecule has 3 atom stereocenters. The Morgan fingerprint density at radius 2 is 1.60 bits per heavy atom. The summed E-state index contributed by atoms with van der Waals surface area (Å²) in [6.07, 6.45) is 6.60. The van der Waals surface area contributed by atoms with E-state index in [0.717, 1.165) is 6.42 Å². The number of hydrogen-bond donors (Lipinski definition) is 2. The number of nitrogens with zero attached hydrogens (tertiary/aromatic N) is 1. The van der Waals surface area contributed by atoms with Crippen LogP contribution >= 0.6 is 0 Å². The van der Waals surface area contributed by atoms with Crippen molar-refractivity contribution in [3.05, 3.63) is 59.7 Å². The quantitative estimate of drug-likeness (QED) is 0.339. The predicted octanol–water partition coefficient (Wildman–Crippen LogP) is 5.92. The lowest BCUT2D eigenvalue weighted by molar-refractivity contribution is -0.143. The van der Waals surface area contributed by atoms with E-state index in [4.69, 9.17) is 15.9 Å². The van der Waals surface area contributed by atoms with Crippen LogP contribution in [0, 0.1) is 18.3 Å². The SMILES string of the molecule is C#Cc1ccccc1C(C(=O)Nc1ccc(OC)cc1)N(C(=O)C(C)NC(=O)OC(C)(C)C)C(C)CCC(C)C. The van der Waals surface area contributed by atoms with Gasteiger partial charge in [0.15, 0.2) is 0 Å². The molecule has 0 spiro atoms.